The van der Waals surface area contributed by atoms with Crippen molar-refractivity contribution in [1.29, 1.82) is 0 Å². The molecule has 0 saturated heterocycles. The van der Waals surface area contributed by atoms with Crippen molar-refractivity contribution in [2.24, 2.45) is 5.73 Å². The molecule has 0 unspecified atom stereocenters. The maximum absolute atomic E-state index is 5.57. The number of aryl methyl sites for hydroxylation is 1. The Bertz CT molecular complexity index is 561. The number of nitrogens with one attached hydrogen (secondary N) is 1. The first-order valence-corrected chi connectivity index (χ1v) is 6.76. The van der Waals surface area contributed by atoms with Gasteiger partial charge >= 0.3 is 0 Å². The summed E-state index contributed by atoms with van der Waals surface area (Å²) in [5, 5.41) is 3.40. The van der Waals surface area contributed by atoms with Crippen LogP contribution in [-0.4, -0.2) is 11.5 Å². The molecule has 98 valence electrons. The minimum atomic E-state index is 0.437. The van der Waals surface area contributed by atoms with Crippen LogP contribution in [0.2, 0.25) is 0 Å². The summed E-state index contributed by atoms with van der Waals surface area (Å²) in [4.78, 5) is 0.437. The average molecular weight is 270 g/mol. The monoisotopic (exact) mass is 270 g/mol. The molecular formula is C16H18N2S. The number of hydrogen-bond donors (Lipinski definition) is 2. The molecule has 3 heteroatoms. The Hall–Kier alpha value is -1.87. The molecule has 0 saturated carbocycles. The Kier molecular flexibility index (Phi) is 4.53. The zero-order chi connectivity index (χ0) is 13.7. The van der Waals surface area contributed by atoms with Gasteiger partial charge in [0.25, 0.3) is 0 Å². The van der Waals surface area contributed by atoms with Crippen LogP contribution in [-0.2, 0) is 6.42 Å². The van der Waals surface area contributed by atoms with Gasteiger partial charge in [0.1, 0.15) is 4.99 Å². The van der Waals surface area contributed by atoms with Crippen molar-refractivity contribution >= 4 is 22.9 Å². The molecule has 0 radical (unpaired) electrons. The van der Waals surface area contributed by atoms with Gasteiger partial charge in [-0.25, -0.2) is 0 Å². The van der Waals surface area contributed by atoms with E-state index < -0.39 is 0 Å². The molecule has 0 aliphatic heterocycles. The molecule has 0 spiro atoms. The zero-order valence-corrected chi connectivity index (χ0v) is 11.8. The Morgan fingerprint density at radius 2 is 1.79 bits per heavy atom. The lowest BCUT2D eigenvalue weighted by Crippen LogP contribution is -2.10. The van der Waals surface area contributed by atoms with Crippen molar-refractivity contribution in [2.75, 3.05) is 11.9 Å². The third kappa shape index (κ3) is 3.80. The average Bonchev–Trinajstić information content (AvgIpc) is 2.41. The van der Waals surface area contributed by atoms with E-state index in [4.69, 9.17) is 18.0 Å². The van der Waals surface area contributed by atoms with E-state index in [0.717, 1.165) is 24.2 Å². The number of benzene rings is 2. The normalized spacial score (nSPS) is 10.2. The van der Waals surface area contributed by atoms with Crippen LogP contribution in [0.4, 0.5) is 5.69 Å². The fourth-order valence-corrected chi connectivity index (χ4v) is 2.12. The molecule has 19 heavy (non-hydrogen) atoms. The van der Waals surface area contributed by atoms with Crippen LogP contribution >= 0.6 is 12.2 Å². The zero-order valence-electron chi connectivity index (χ0n) is 11.0. The Labute approximate surface area is 119 Å². The summed E-state index contributed by atoms with van der Waals surface area (Å²) in [5.41, 5.74) is 10.3. The second kappa shape index (κ2) is 6.34. The van der Waals surface area contributed by atoms with Gasteiger partial charge < -0.3 is 11.1 Å². The highest BCUT2D eigenvalue weighted by Crippen LogP contribution is 2.11. The van der Waals surface area contributed by atoms with Gasteiger partial charge in [-0.05, 0) is 48.7 Å². The molecule has 2 aromatic rings. The smallest absolute Gasteiger partial charge is 0.103 e. The van der Waals surface area contributed by atoms with E-state index in [0.29, 0.717) is 4.99 Å². The van der Waals surface area contributed by atoms with E-state index in [-0.39, 0.29) is 0 Å². The third-order valence-corrected chi connectivity index (χ3v) is 3.39. The maximum atomic E-state index is 5.57. The first kappa shape index (κ1) is 13.6. The minimum Gasteiger partial charge on any atom is -0.389 e. The molecular weight excluding hydrogens is 252 g/mol. The van der Waals surface area contributed by atoms with Crippen molar-refractivity contribution in [3.63, 3.8) is 0 Å². The van der Waals surface area contributed by atoms with Gasteiger partial charge in [0.15, 0.2) is 0 Å². The fraction of sp³-hybridized carbons (Fsp3) is 0.188. The topological polar surface area (TPSA) is 38.0 Å². The number of anilines is 1. The van der Waals surface area contributed by atoms with Crippen molar-refractivity contribution in [3.05, 3.63) is 65.2 Å². The predicted octanol–water partition coefficient (Wildman–Crippen LogP) is 3.28. The van der Waals surface area contributed by atoms with E-state index in [1.54, 1.807) is 0 Å². The molecule has 0 aromatic heterocycles. The minimum absolute atomic E-state index is 0.437. The van der Waals surface area contributed by atoms with Crippen LogP contribution in [0.3, 0.4) is 0 Å². The van der Waals surface area contributed by atoms with Gasteiger partial charge in [-0.2, -0.15) is 0 Å². The maximum Gasteiger partial charge on any atom is 0.103 e. The first-order chi connectivity index (χ1) is 9.16. The lowest BCUT2D eigenvalue weighted by molar-refractivity contribution is 1.01. The lowest BCUT2D eigenvalue weighted by Gasteiger charge is -2.09. The Balaban J connectivity index is 1.89. The molecule has 0 fully saturated rings. The van der Waals surface area contributed by atoms with Crippen LogP contribution in [0.25, 0.3) is 0 Å². The second-order valence-corrected chi connectivity index (χ2v) is 4.98. The largest absolute Gasteiger partial charge is 0.389 e. The highest BCUT2D eigenvalue weighted by molar-refractivity contribution is 7.80. The SMILES string of the molecule is Cc1ccccc1CCNc1ccc(C(N)=S)cc1. The summed E-state index contributed by atoms with van der Waals surface area (Å²) in [6.07, 6.45) is 1.02. The number of rotatable bonds is 5. The van der Waals surface area contributed by atoms with Crippen molar-refractivity contribution in [3.8, 4) is 0 Å². The predicted molar refractivity (Wildman–Crippen MR) is 85.7 cm³/mol. The molecule has 3 N–H and O–H groups in total. The standard InChI is InChI=1S/C16H18N2S/c1-12-4-2-3-5-13(12)10-11-18-15-8-6-14(7-9-15)16(17)19/h2-9,18H,10-11H2,1H3,(H2,17,19). The number of hydrogen-bond acceptors (Lipinski definition) is 2. The summed E-state index contributed by atoms with van der Waals surface area (Å²) >= 11 is 4.93. The van der Waals surface area contributed by atoms with Gasteiger partial charge in [-0.1, -0.05) is 36.5 Å². The summed E-state index contributed by atoms with van der Waals surface area (Å²) in [6, 6.07) is 16.4. The van der Waals surface area contributed by atoms with E-state index >= 15 is 0 Å². The first-order valence-electron chi connectivity index (χ1n) is 6.35. The van der Waals surface area contributed by atoms with Gasteiger partial charge in [0.2, 0.25) is 0 Å². The number of nitrogens with two attached hydrogens (primary N) is 1. The highest BCUT2D eigenvalue weighted by Gasteiger charge is 1.98. The van der Waals surface area contributed by atoms with Crippen LogP contribution in [0.15, 0.2) is 48.5 Å². The van der Waals surface area contributed by atoms with Crippen LogP contribution in [0, 0.1) is 6.92 Å². The fourth-order valence-electron chi connectivity index (χ4n) is 1.98. The Morgan fingerprint density at radius 3 is 2.42 bits per heavy atom. The molecule has 0 amide bonds. The van der Waals surface area contributed by atoms with Crippen molar-refractivity contribution in [2.45, 2.75) is 13.3 Å². The van der Waals surface area contributed by atoms with Gasteiger partial charge in [0.05, 0.1) is 0 Å². The molecule has 2 rings (SSSR count). The Morgan fingerprint density at radius 1 is 1.11 bits per heavy atom. The quantitative estimate of drug-likeness (QED) is 0.819. The van der Waals surface area contributed by atoms with Crippen LogP contribution < -0.4 is 11.1 Å². The van der Waals surface area contributed by atoms with E-state index in [2.05, 4.69) is 36.5 Å². The van der Waals surface area contributed by atoms with Gasteiger partial charge in [0, 0.05) is 17.8 Å². The van der Waals surface area contributed by atoms with E-state index in [9.17, 15) is 0 Å². The van der Waals surface area contributed by atoms with Crippen molar-refractivity contribution < 1.29 is 0 Å². The van der Waals surface area contributed by atoms with E-state index in [1.165, 1.54) is 11.1 Å². The second-order valence-electron chi connectivity index (χ2n) is 4.54. The molecule has 0 heterocycles. The van der Waals surface area contributed by atoms with Gasteiger partial charge in [-0.15, -0.1) is 0 Å². The molecule has 0 bridgehead atoms. The van der Waals surface area contributed by atoms with Crippen molar-refractivity contribution in [1.82, 2.24) is 0 Å². The third-order valence-electron chi connectivity index (χ3n) is 3.15. The summed E-state index contributed by atoms with van der Waals surface area (Å²) < 4.78 is 0. The summed E-state index contributed by atoms with van der Waals surface area (Å²) in [5.74, 6) is 0. The molecule has 0 aliphatic carbocycles. The van der Waals surface area contributed by atoms with E-state index in [1.807, 2.05) is 24.3 Å². The summed E-state index contributed by atoms with van der Waals surface area (Å²) in [7, 11) is 0. The van der Waals surface area contributed by atoms with Crippen LogP contribution in [0.1, 0.15) is 16.7 Å². The number of thiocarbonyl (C=S) groups is 1. The summed E-state index contributed by atoms with van der Waals surface area (Å²) in [6.45, 7) is 3.06. The molecule has 2 aromatic carbocycles. The molecule has 2 nitrogen and oxygen atoms in total. The molecule has 0 aliphatic rings. The highest BCUT2D eigenvalue weighted by atomic mass is 32.1. The molecule has 0 atom stereocenters. The lowest BCUT2D eigenvalue weighted by atomic mass is 10.1. The van der Waals surface area contributed by atoms with Gasteiger partial charge in [-0.3, -0.25) is 0 Å². The van der Waals surface area contributed by atoms with Crippen LogP contribution in [0.5, 0.6) is 0 Å².